The molecule has 4 aliphatic rings. The van der Waals surface area contributed by atoms with Crippen LogP contribution in [0.3, 0.4) is 0 Å². The van der Waals surface area contributed by atoms with Gasteiger partial charge in [-0.3, -0.25) is 9.69 Å². The summed E-state index contributed by atoms with van der Waals surface area (Å²) < 4.78 is 23.2. The van der Waals surface area contributed by atoms with E-state index in [2.05, 4.69) is 15.9 Å². The lowest BCUT2D eigenvalue weighted by atomic mass is 9.95. The molecule has 5 heterocycles. The number of halogens is 1. The lowest BCUT2D eigenvalue weighted by Gasteiger charge is -2.42. The maximum absolute atomic E-state index is 16.8. The van der Waals surface area contributed by atoms with Crippen LogP contribution in [0.4, 0.5) is 10.2 Å². The van der Waals surface area contributed by atoms with Crippen LogP contribution in [0.2, 0.25) is 0 Å². The van der Waals surface area contributed by atoms with E-state index < -0.39 is 5.82 Å². The third-order valence-corrected chi connectivity index (χ3v) is 10.7. The van der Waals surface area contributed by atoms with Gasteiger partial charge >= 0.3 is 6.01 Å². The van der Waals surface area contributed by atoms with Crippen molar-refractivity contribution < 1.29 is 19.0 Å². The van der Waals surface area contributed by atoms with E-state index in [1.54, 1.807) is 18.2 Å². The quantitative estimate of drug-likeness (QED) is 0.277. The van der Waals surface area contributed by atoms with Gasteiger partial charge in [0.05, 0.1) is 11.6 Å². The average Bonchev–Trinajstić information content (AvgIpc) is 3.73. The predicted octanol–water partition coefficient (Wildman–Crippen LogP) is 5.79. The van der Waals surface area contributed by atoms with Crippen LogP contribution in [-0.4, -0.2) is 81.2 Å². The summed E-state index contributed by atoms with van der Waals surface area (Å²) >= 11 is 0. The zero-order valence-corrected chi connectivity index (χ0v) is 25.8. The topological polar surface area (TPSA) is 106 Å². The number of anilines is 1. The van der Waals surface area contributed by atoms with Gasteiger partial charge in [-0.15, -0.1) is 0 Å². The smallest absolute Gasteiger partial charge is 0.319 e. The second-order valence-corrected chi connectivity index (χ2v) is 13.3. The first kappa shape index (κ1) is 28.9. The molecule has 3 aromatic carbocycles. The highest BCUT2D eigenvalue weighted by atomic mass is 19.1. The number of fused-ring (bicyclic) bond motifs is 5. The Hall–Kier alpha value is -4.49. The summed E-state index contributed by atoms with van der Waals surface area (Å²) in [4.78, 5) is 29.3. The molecule has 4 aliphatic heterocycles. The van der Waals surface area contributed by atoms with Gasteiger partial charge in [0.1, 0.15) is 23.7 Å². The fourth-order valence-corrected chi connectivity index (χ4v) is 8.59. The normalized spacial score (nSPS) is 22.0. The van der Waals surface area contributed by atoms with Crippen molar-refractivity contribution in [2.24, 2.45) is 0 Å². The van der Waals surface area contributed by atoms with Crippen molar-refractivity contribution in [3.8, 4) is 29.0 Å². The first-order chi connectivity index (χ1) is 22.4. The minimum atomic E-state index is -0.489. The van der Waals surface area contributed by atoms with Gasteiger partial charge in [-0.05, 0) is 86.1 Å². The first-order valence-corrected chi connectivity index (χ1v) is 16.5. The molecule has 4 saturated heterocycles. The molecule has 8 rings (SSSR count). The Morgan fingerprint density at radius 3 is 2.54 bits per heavy atom. The number of carbonyl (C=O) groups is 1. The Morgan fingerprint density at radius 1 is 1.02 bits per heavy atom. The van der Waals surface area contributed by atoms with E-state index in [1.807, 2.05) is 35.2 Å². The van der Waals surface area contributed by atoms with Crippen LogP contribution in [0, 0.1) is 17.1 Å². The zero-order chi connectivity index (χ0) is 31.4. The van der Waals surface area contributed by atoms with Gasteiger partial charge in [0.25, 0.3) is 0 Å². The van der Waals surface area contributed by atoms with Crippen molar-refractivity contribution in [1.29, 1.82) is 5.26 Å². The molecule has 0 radical (unpaired) electrons. The van der Waals surface area contributed by atoms with E-state index in [0.29, 0.717) is 42.0 Å². The number of hydrogen-bond acceptors (Lipinski definition) is 8. The first-order valence-electron chi connectivity index (χ1n) is 16.5. The summed E-state index contributed by atoms with van der Waals surface area (Å²) in [6, 6.07) is 16.8. The van der Waals surface area contributed by atoms with Crippen molar-refractivity contribution in [2.75, 3.05) is 37.7 Å². The number of amides is 1. The number of rotatable bonds is 7. The number of benzene rings is 3. The van der Waals surface area contributed by atoms with Crippen LogP contribution in [-0.2, 0) is 4.79 Å². The van der Waals surface area contributed by atoms with E-state index in [0.717, 1.165) is 62.4 Å². The largest absolute Gasteiger partial charge is 0.508 e. The van der Waals surface area contributed by atoms with Crippen molar-refractivity contribution >= 4 is 33.4 Å². The van der Waals surface area contributed by atoms with Crippen LogP contribution >= 0.6 is 0 Å². The third-order valence-electron chi connectivity index (χ3n) is 10.7. The standard InChI is InChI=1S/C36H37FN6O3/c37-32-28(30-19-26(44)18-23-6-1-2-7-27(23)30)11-12-29-33(32)39-35(46-22-36-13-4-16-42(36)17-5-14-36)40-34(29)41-20-24-9-10-25(21-41)43(24)31(45)8-3-15-38/h1-2,6-7,11-12,18-19,24-25,44H,3-5,8-10,13-14,16-17,20-22H2. The van der Waals surface area contributed by atoms with Crippen LogP contribution in [0.5, 0.6) is 11.8 Å². The molecule has 4 aromatic rings. The fourth-order valence-electron chi connectivity index (χ4n) is 8.59. The summed E-state index contributed by atoms with van der Waals surface area (Å²) in [6.45, 7) is 3.74. The van der Waals surface area contributed by atoms with Crippen LogP contribution in [0.1, 0.15) is 51.4 Å². The average molecular weight is 621 g/mol. The number of carbonyl (C=O) groups excluding carboxylic acids is 1. The molecule has 1 aromatic heterocycles. The summed E-state index contributed by atoms with van der Waals surface area (Å²) in [5.74, 6) is 0.211. The van der Waals surface area contributed by atoms with Gasteiger partial charge in [-0.1, -0.05) is 30.3 Å². The number of hydrogen-bond donors (Lipinski definition) is 1. The van der Waals surface area contributed by atoms with Gasteiger partial charge in [0.2, 0.25) is 5.91 Å². The van der Waals surface area contributed by atoms with Gasteiger partial charge in [0, 0.05) is 49.0 Å². The number of nitriles is 1. The third kappa shape index (κ3) is 4.80. The van der Waals surface area contributed by atoms with Crippen molar-refractivity contribution in [3.05, 3.63) is 54.3 Å². The number of phenolic OH excluding ortho intramolecular Hbond substituents is 1. The lowest BCUT2D eigenvalue weighted by molar-refractivity contribution is -0.134. The van der Waals surface area contributed by atoms with Crippen LogP contribution in [0.15, 0.2) is 48.5 Å². The van der Waals surface area contributed by atoms with Crippen molar-refractivity contribution in [2.45, 2.75) is 69.0 Å². The maximum atomic E-state index is 16.8. The van der Waals surface area contributed by atoms with Crippen molar-refractivity contribution in [1.82, 2.24) is 19.8 Å². The summed E-state index contributed by atoms with van der Waals surface area (Å²) in [7, 11) is 0. The second-order valence-electron chi connectivity index (χ2n) is 13.3. The lowest BCUT2D eigenvalue weighted by Crippen LogP contribution is -2.56. The Morgan fingerprint density at radius 2 is 1.78 bits per heavy atom. The molecule has 46 heavy (non-hydrogen) atoms. The molecule has 0 spiro atoms. The molecule has 10 heteroatoms. The number of aromatic hydroxyl groups is 1. The molecule has 1 N–H and O–H groups in total. The number of phenols is 1. The molecule has 0 saturated carbocycles. The van der Waals surface area contributed by atoms with Gasteiger partial charge in [-0.2, -0.15) is 15.2 Å². The molecule has 4 fully saturated rings. The number of aromatic nitrogens is 2. The van der Waals surface area contributed by atoms with E-state index in [4.69, 9.17) is 20.0 Å². The Balaban J connectivity index is 1.20. The molecule has 2 unspecified atom stereocenters. The summed E-state index contributed by atoms with van der Waals surface area (Å²) in [5.41, 5.74) is 1.09. The Labute approximate surface area is 267 Å². The zero-order valence-electron chi connectivity index (χ0n) is 25.8. The predicted molar refractivity (Wildman–Crippen MR) is 173 cm³/mol. The minimum Gasteiger partial charge on any atom is -0.508 e. The molecule has 0 aliphatic carbocycles. The maximum Gasteiger partial charge on any atom is 0.319 e. The molecular weight excluding hydrogens is 583 g/mol. The number of ether oxygens (including phenoxy) is 1. The van der Waals surface area contributed by atoms with Gasteiger partial charge in [0.15, 0.2) is 5.82 Å². The van der Waals surface area contributed by atoms with E-state index in [1.165, 1.54) is 0 Å². The fraction of sp³-hybridized carbons (Fsp3) is 0.444. The van der Waals surface area contributed by atoms with Crippen LogP contribution < -0.4 is 9.64 Å². The van der Waals surface area contributed by atoms with E-state index in [-0.39, 0.29) is 53.6 Å². The number of nitrogens with zero attached hydrogens (tertiary/aromatic N) is 6. The van der Waals surface area contributed by atoms with Crippen molar-refractivity contribution in [3.63, 3.8) is 0 Å². The van der Waals surface area contributed by atoms with E-state index in [9.17, 15) is 9.90 Å². The highest BCUT2D eigenvalue weighted by molar-refractivity contribution is 6.01. The second kappa shape index (κ2) is 11.4. The SMILES string of the molecule is N#CCCC(=O)N1C2CCC1CN(c1nc(OCC34CCCN3CCC4)nc3c(F)c(-c4cc(O)cc5ccccc45)ccc13)C2. The molecule has 9 nitrogen and oxygen atoms in total. The highest BCUT2D eigenvalue weighted by Gasteiger charge is 2.46. The summed E-state index contributed by atoms with van der Waals surface area (Å²) in [5, 5.41) is 21.8. The molecular formula is C36H37FN6O3. The van der Waals surface area contributed by atoms with Gasteiger partial charge < -0.3 is 19.6 Å². The molecule has 1 amide bonds. The molecule has 2 bridgehead atoms. The number of piperazine rings is 1. The van der Waals surface area contributed by atoms with E-state index >= 15 is 4.39 Å². The molecule has 2 atom stereocenters. The Kier molecular flexibility index (Phi) is 7.17. The minimum absolute atomic E-state index is 0.00605. The van der Waals surface area contributed by atoms with Crippen LogP contribution in [0.25, 0.3) is 32.8 Å². The molecule has 236 valence electrons. The Bertz CT molecular complexity index is 1870. The monoisotopic (exact) mass is 620 g/mol. The summed E-state index contributed by atoms with van der Waals surface area (Å²) in [6.07, 6.45) is 6.63. The highest BCUT2D eigenvalue weighted by Crippen LogP contribution is 2.42. The van der Waals surface area contributed by atoms with Gasteiger partial charge in [-0.25, -0.2) is 4.39 Å².